The van der Waals surface area contributed by atoms with Crippen molar-refractivity contribution >= 4 is 17.7 Å². The lowest BCUT2D eigenvalue weighted by Crippen LogP contribution is -2.37. The van der Waals surface area contributed by atoms with Gasteiger partial charge in [-0.15, -0.1) is 11.8 Å². The summed E-state index contributed by atoms with van der Waals surface area (Å²) in [7, 11) is 1.86. The van der Waals surface area contributed by atoms with Gasteiger partial charge in [-0.25, -0.2) is 0 Å². The lowest BCUT2D eigenvalue weighted by Gasteiger charge is -2.26. The van der Waals surface area contributed by atoms with Crippen molar-refractivity contribution in [1.82, 2.24) is 4.90 Å². The summed E-state index contributed by atoms with van der Waals surface area (Å²) in [6.45, 7) is 6.42. The molecule has 0 aliphatic heterocycles. The van der Waals surface area contributed by atoms with Gasteiger partial charge in [-0.2, -0.15) is 0 Å². The number of carbonyl (C=O) groups is 1. The zero-order chi connectivity index (χ0) is 15.8. The highest BCUT2D eigenvalue weighted by Crippen LogP contribution is 2.18. The SMILES string of the molecule is CC(C)CC(C)N(C)C(=O)CSCC(O)c1ccccc1. The molecule has 0 aromatic heterocycles. The third kappa shape index (κ3) is 6.53. The molecule has 4 heteroatoms. The van der Waals surface area contributed by atoms with E-state index in [0.717, 1.165) is 12.0 Å². The molecule has 0 saturated carbocycles. The second-order valence-electron chi connectivity index (χ2n) is 5.92. The second kappa shape index (κ2) is 9.11. The molecule has 0 radical (unpaired) electrons. The molecule has 118 valence electrons. The quantitative estimate of drug-likeness (QED) is 0.800. The lowest BCUT2D eigenvalue weighted by molar-refractivity contribution is -0.129. The fourth-order valence-electron chi connectivity index (χ4n) is 2.22. The Kier molecular flexibility index (Phi) is 7.83. The predicted octanol–water partition coefficient (Wildman–Crippen LogP) is 3.35. The Bertz CT molecular complexity index is 422. The maximum Gasteiger partial charge on any atom is 0.232 e. The van der Waals surface area contributed by atoms with Gasteiger partial charge in [0, 0.05) is 18.8 Å². The number of benzene rings is 1. The van der Waals surface area contributed by atoms with E-state index in [9.17, 15) is 9.90 Å². The van der Waals surface area contributed by atoms with E-state index in [1.807, 2.05) is 42.3 Å². The normalized spacial score (nSPS) is 14.0. The van der Waals surface area contributed by atoms with Crippen molar-refractivity contribution in [3.63, 3.8) is 0 Å². The number of rotatable bonds is 8. The topological polar surface area (TPSA) is 40.5 Å². The minimum atomic E-state index is -0.512. The molecule has 1 amide bonds. The summed E-state index contributed by atoms with van der Waals surface area (Å²) in [6.07, 6.45) is 0.502. The predicted molar refractivity (Wildman–Crippen MR) is 90.4 cm³/mol. The van der Waals surface area contributed by atoms with Crippen LogP contribution in [-0.2, 0) is 4.79 Å². The summed E-state index contributed by atoms with van der Waals surface area (Å²) in [5, 5.41) is 10.1. The molecule has 0 aliphatic carbocycles. The smallest absolute Gasteiger partial charge is 0.232 e. The van der Waals surface area contributed by atoms with E-state index in [2.05, 4.69) is 20.8 Å². The van der Waals surface area contributed by atoms with E-state index < -0.39 is 6.10 Å². The third-order valence-electron chi connectivity index (χ3n) is 3.55. The van der Waals surface area contributed by atoms with Gasteiger partial charge in [0.1, 0.15) is 0 Å². The molecule has 1 N–H and O–H groups in total. The average molecular weight is 309 g/mol. The van der Waals surface area contributed by atoms with Crippen LogP contribution in [0.5, 0.6) is 0 Å². The Morgan fingerprint density at radius 1 is 1.24 bits per heavy atom. The second-order valence-corrected chi connectivity index (χ2v) is 6.96. The Hall–Kier alpha value is -1.00. The van der Waals surface area contributed by atoms with Crippen LogP contribution in [0.1, 0.15) is 38.9 Å². The largest absolute Gasteiger partial charge is 0.388 e. The first kappa shape index (κ1) is 18.1. The molecule has 0 aliphatic rings. The van der Waals surface area contributed by atoms with Gasteiger partial charge in [0.25, 0.3) is 0 Å². The standard InChI is InChI=1S/C17H27NO2S/c1-13(2)10-14(3)18(4)17(20)12-21-11-16(19)15-8-6-5-7-9-15/h5-9,13-14,16,19H,10-12H2,1-4H3. The molecule has 0 fully saturated rings. The van der Waals surface area contributed by atoms with Crippen LogP contribution >= 0.6 is 11.8 Å². The van der Waals surface area contributed by atoms with Crippen LogP contribution in [0.2, 0.25) is 0 Å². The van der Waals surface area contributed by atoms with Crippen LogP contribution in [0.25, 0.3) is 0 Å². The maximum absolute atomic E-state index is 12.1. The first-order chi connectivity index (χ1) is 9.91. The van der Waals surface area contributed by atoms with Crippen molar-refractivity contribution in [1.29, 1.82) is 0 Å². The first-order valence-electron chi connectivity index (χ1n) is 7.48. The van der Waals surface area contributed by atoms with Crippen molar-refractivity contribution in [3.8, 4) is 0 Å². The van der Waals surface area contributed by atoms with Gasteiger partial charge < -0.3 is 10.0 Å². The molecule has 1 aromatic carbocycles. The van der Waals surface area contributed by atoms with Crippen LogP contribution in [0.4, 0.5) is 0 Å². The van der Waals surface area contributed by atoms with Gasteiger partial charge in [0.05, 0.1) is 11.9 Å². The zero-order valence-corrected chi connectivity index (χ0v) is 14.3. The number of hydrogen-bond acceptors (Lipinski definition) is 3. The summed E-state index contributed by atoms with van der Waals surface area (Å²) in [5.74, 6) is 1.68. The number of aliphatic hydroxyl groups excluding tert-OH is 1. The number of carbonyl (C=O) groups excluding carboxylic acids is 1. The van der Waals surface area contributed by atoms with Crippen LogP contribution in [-0.4, -0.2) is 40.5 Å². The fourth-order valence-corrected chi connectivity index (χ4v) is 3.13. The van der Waals surface area contributed by atoms with E-state index in [1.54, 1.807) is 0 Å². The van der Waals surface area contributed by atoms with Gasteiger partial charge in [0.15, 0.2) is 0 Å². The van der Waals surface area contributed by atoms with E-state index in [-0.39, 0.29) is 11.9 Å². The minimum absolute atomic E-state index is 0.133. The molecule has 0 bridgehead atoms. The third-order valence-corrected chi connectivity index (χ3v) is 4.56. The molecule has 0 saturated heterocycles. The Morgan fingerprint density at radius 3 is 2.43 bits per heavy atom. The monoisotopic (exact) mass is 309 g/mol. The summed E-state index contributed by atoms with van der Waals surface area (Å²) in [4.78, 5) is 13.9. The van der Waals surface area contributed by atoms with Gasteiger partial charge in [0.2, 0.25) is 5.91 Å². The molecule has 2 unspecified atom stereocenters. The molecular formula is C17H27NO2S. The van der Waals surface area contributed by atoms with Crippen LogP contribution < -0.4 is 0 Å². The molecule has 21 heavy (non-hydrogen) atoms. The van der Waals surface area contributed by atoms with Crippen molar-refractivity contribution in [2.75, 3.05) is 18.6 Å². The molecule has 1 rings (SSSR count). The van der Waals surface area contributed by atoms with E-state index in [0.29, 0.717) is 17.4 Å². The molecule has 2 atom stereocenters. The van der Waals surface area contributed by atoms with Crippen LogP contribution in [0, 0.1) is 5.92 Å². The number of amides is 1. The highest BCUT2D eigenvalue weighted by molar-refractivity contribution is 7.99. The summed E-state index contributed by atoms with van der Waals surface area (Å²) < 4.78 is 0. The summed E-state index contributed by atoms with van der Waals surface area (Å²) in [6, 6.07) is 9.83. The lowest BCUT2D eigenvalue weighted by atomic mass is 10.0. The fraction of sp³-hybridized carbons (Fsp3) is 0.588. The van der Waals surface area contributed by atoms with Crippen molar-refractivity contribution in [2.45, 2.75) is 39.3 Å². The number of hydrogen-bond donors (Lipinski definition) is 1. The molecular weight excluding hydrogens is 282 g/mol. The highest BCUT2D eigenvalue weighted by atomic mass is 32.2. The molecule has 0 heterocycles. The van der Waals surface area contributed by atoms with Gasteiger partial charge >= 0.3 is 0 Å². The molecule has 3 nitrogen and oxygen atoms in total. The summed E-state index contributed by atoms with van der Waals surface area (Å²) >= 11 is 1.49. The molecule has 1 aromatic rings. The molecule has 0 spiro atoms. The van der Waals surface area contributed by atoms with Gasteiger partial charge in [-0.3, -0.25) is 4.79 Å². The Morgan fingerprint density at radius 2 is 1.86 bits per heavy atom. The minimum Gasteiger partial charge on any atom is -0.388 e. The number of aliphatic hydroxyl groups is 1. The van der Waals surface area contributed by atoms with Crippen molar-refractivity contribution in [3.05, 3.63) is 35.9 Å². The Balaban J connectivity index is 2.33. The van der Waals surface area contributed by atoms with Crippen LogP contribution in [0.3, 0.4) is 0 Å². The van der Waals surface area contributed by atoms with Crippen molar-refractivity contribution in [2.24, 2.45) is 5.92 Å². The van der Waals surface area contributed by atoms with E-state index in [1.165, 1.54) is 11.8 Å². The first-order valence-corrected chi connectivity index (χ1v) is 8.63. The van der Waals surface area contributed by atoms with Gasteiger partial charge in [-0.05, 0) is 24.8 Å². The summed E-state index contributed by atoms with van der Waals surface area (Å²) in [5.41, 5.74) is 0.902. The number of thioether (sulfide) groups is 1. The zero-order valence-electron chi connectivity index (χ0n) is 13.5. The number of nitrogens with zero attached hydrogens (tertiary/aromatic N) is 1. The Labute approximate surface area is 132 Å². The average Bonchev–Trinajstić information content (AvgIpc) is 2.46. The van der Waals surface area contributed by atoms with E-state index in [4.69, 9.17) is 0 Å². The maximum atomic E-state index is 12.1. The highest BCUT2D eigenvalue weighted by Gasteiger charge is 2.17. The van der Waals surface area contributed by atoms with Crippen LogP contribution in [0.15, 0.2) is 30.3 Å². The van der Waals surface area contributed by atoms with E-state index >= 15 is 0 Å². The van der Waals surface area contributed by atoms with Crippen molar-refractivity contribution < 1.29 is 9.90 Å². The van der Waals surface area contributed by atoms with Gasteiger partial charge in [-0.1, -0.05) is 44.2 Å².